The summed E-state index contributed by atoms with van der Waals surface area (Å²) in [7, 11) is 0. The molecule has 0 aromatic rings. The molecule has 1 N–H and O–H groups in total. The van der Waals surface area contributed by atoms with Crippen molar-refractivity contribution < 1.29 is 0 Å². The van der Waals surface area contributed by atoms with E-state index in [0.29, 0.717) is 0 Å². The topological polar surface area (TPSA) is 15.3 Å². The highest BCUT2D eigenvalue weighted by molar-refractivity contribution is 4.82. The molecule has 1 saturated carbocycles. The van der Waals surface area contributed by atoms with Crippen LogP contribution in [0.4, 0.5) is 0 Å². The fourth-order valence-electron chi connectivity index (χ4n) is 3.61. The number of hydrogen-bond acceptors (Lipinski definition) is 2. The van der Waals surface area contributed by atoms with Crippen molar-refractivity contribution in [3.8, 4) is 0 Å². The zero-order chi connectivity index (χ0) is 11.9. The van der Waals surface area contributed by atoms with E-state index in [2.05, 4.69) is 17.1 Å². The summed E-state index contributed by atoms with van der Waals surface area (Å²) in [6.45, 7) is 7.46. The van der Waals surface area contributed by atoms with Gasteiger partial charge in [-0.3, -0.25) is 0 Å². The van der Waals surface area contributed by atoms with Crippen LogP contribution in [0, 0.1) is 5.92 Å². The molecule has 2 aliphatic rings. The van der Waals surface area contributed by atoms with Gasteiger partial charge in [0.05, 0.1) is 0 Å². The maximum Gasteiger partial charge on any atom is 0.0107 e. The molecule has 1 heterocycles. The van der Waals surface area contributed by atoms with E-state index in [1.807, 2.05) is 0 Å². The van der Waals surface area contributed by atoms with Gasteiger partial charge < -0.3 is 10.2 Å². The minimum absolute atomic E-state index is 0.796. The molecule has 17 heavy (non-hydrogen) atoms. The third kappa shape index (κ3) is 4.26. The Morgan fingerprint density at radius 2 is 1.65 bits per heavy atom. The summed E-state index contributed by atoms with van der Waals surface area (Å²) in [4.78, 5) is 2.73. The largest absolute Gasteiger partial charge is 0.314 e. The van der Waals surface area contributed by atoms with Crippen LogP contribution in [0.25, 0.3) is 0 Å². The molecule has 0 spiro atoms. The fraction of sp³-hybridized carbons (Fsp3) is 1.00. The number of piperidine rings is 1. The Kier molecular flexibility index (Phi) is 5.79. The number of nitrogens with one attached hydrogen (secondary N) is 1. The van der Waals surface area contributed by atoms with E-state index in [1.54, 1.807) is 0 Å². The molecule has 1 saturated heterocycles. The molecule has 100 valence electrons. The highest BCUT2D eigenvalue weighted by Gasteiger charge is 2.25. The van der Waals surface area contributed by atoms with Crippen LogP contribution in [0.1, 0.15) is 58.3 Å². The van der Waals surface area contributed by atoms with Crippen LogP contribution in [-0.2, 0) is 0 Å². The minimum Gasteiger partial charge on any atom is -0.314 e. The molecule has 0 aromatic carbocycles. The molecule has 2 atom stereocenters. The van der Waals surface area contributed by atoms with Crippen molar-refractivity contribution in [2.45, 2.75) is 64.3 Å². The van der Waals surface area contributed by atoms with Crippen molar-refractivity contribution in [2.24, 2.45) is 5.92 Å². The van der Waals surface area contributed by atoms with Gasteiger partial charge in [-0.1, -0.05) is 32.6 Å². The molecule has 0 radical (unpaired) electrons. The van der Waals surface area contributed by atoms with Crippen LogP contribution < -0.4 is 5.32 Å². The quantitative estimate of drug-likeness (QED) is 0.757. The molecule has 0 aromatic heterocycles. The maximum atomic E-state index is 3.74. The molecular weight excluding hydrogens is 208 g/mol. The van der Waals surface area contributed by atoms with Gasteiger partial charge in [-0.25, -0.2) is 0 Å². The molecule has 0 bridgehead atoms. The summed E-state index contributed by atoms with van der Waals surface area (Å²) >= 11 is 0. The standard InChI is InChI=1S/C15H30N2/c1-2-16-15-10-6-3-5-9-14(15)13-17-11-7-4-8-12-17/h14-16H,2-13H2,1H3. The lowest BCUT2D eigenvalue weighted by Crippen LogP contribution is -2.43. The van der Waals surface area contributed by atoms with E-state index in [4.69, 9.17) is 0 Å². The van der Waals surface area contributed by atoms with Gasteiger partial charge in [0, 0.05) is 12.6 Å². The van der Waals surface area contributed by atoms with Crippen molar-refractivity contribution in [1.82, 2.24) is 10.2 Å². The minimum atomic E-state index is 0.796. The first-order valence-corrected chi connectivity index (χ1v) is 7.86. The molecule has 1 aliphatic heterocycles. The van der Waals surface area contributed by atoms with Crippen molar-refractivity contribution in [3.63, 3.8) is 0 Å². The average Bonchev–Trinajstić information content (AvgIpc) is 2.57. The van der Waals surface area contributed by atoms with Gasteiger partial charge in [0.25, 0.3) is 0 Å². The molecule has 2 rings (SSSR count). The fourth-order valence-corrected chi connectivity index (χ4v) is 3.61. The number of likely N-dealkylation sites (tertiary alicyclic amines) is 1. The molecule has 2 unspecified atom stereocenters. The summed E-state index contributed by atoms with van der Waals surface area (Å²) in [5, 5.41) is 3.74. The van der Waals surface area contributed by atoms with Gasteiger partial charge in [0.15, 0.2) is 0 Å². The second-order valence-corrected chi connectivity index (χ2v) is 5.92. The van der Waals surface area contributed by atoms with Crippen LogP contribution >= 0.6 is 0 Å². The lowest BCUT2D eigenvalue weighted by Gasteiger charge is -2.34. The maximum absolute atomic E-state index is 3.74. The Labute approximate surface area is 107 Å². The second kappa shape index (κ2) is 7.38. The highest BCUT2D eigenvalue weighted by Crippen LogP contribution is 2.25. The Balaban J connectivity index is 1.84. The van der Waals surface area contributed by atoms with Gasteiger partial charge in [-0.2, -0.15) is 0 Å². The first kappa shape index (κ1) is 13.4. The Bertz CT molecular complexity index is 199. The van der Waals surface area contributed by atoms with E-state index < -0.39 is 0 Å². The predicted molar refractivity (Wildman–Crippen MR) is 74.3 cm³/mol. The van der Waals surface area contributed by atoms with Crippen molar-refractivity contribution in [1.29, 1.82) is 0 Å². The third-order valence-corrected chi connectivity index (χ3v) is 4.57. The Hall–Kier alpha value is -0.0800. The predicted octanol–water partition coefficient (Wildman–Crippen LogP) is 3.03. The van der Waals surface area contributed by atoms with Crippen LogP contribution in [0.3, 0.4) is 0 Å². The summed E-state index contributed by atoms with van der Waals surface area (Å²) in [6, 6.07) is 0.796. The molecule has 0 amide bonds. The lowest BCUT2D eigenvalue weighted by molar-refractivity contribution is 0.169. The summed E-state index contributed by atoms with van der Waals surface area (Å²) in [5.74, 6) is 0.913. The summed E-state index contributed by atoms with van der Waals surface area (Å²) in [5.41, 5.74) is 0. The molecule has 2 heteroatoms. The average molecular weight is 238 g/mol. The van der Waals surface area contributed by atoms with Crippen molar-refractivity contribution >= 4 is 0 Å². The lowest BCUT2D eigenvalue weighted by atomic mass is 9.93. The van der Waals surface area contributed by atoms with Gasteiger partial charge in [-0.15, -0.1) is 0 Å². The van der Waals surface area contributed by atoms with Crippen molar-refractivity contribution in [3.05, 3.63) is 0 Å². The molecular formula is C15H30N2. The first-order valence-electron chi connectivity index (χ1n) is 7.86. The number of nitrogens with zero attached hydrogens (tertiary/aromatic N) is 1. The van der Waals surface area contributed by atoms with E-state index >= 15 is 0 Å². The van der Waals surface area contributed by atoms with Gasteiger partial charge in [-0.05, 0) is 51.2 Å². The van der Waals surface area contributed by atoms with E-state index in [9.17, 15) is 0 Å². The van der Waals surface area contributed by atoms with Crippen LogP contribution in [0.15, 0.2) is 0 Å². The Morgan fingerprint density at radius 3 is 2.41 bits per heavy atom. The number of rotatable bonds is 4. The normalized spacial score (nSPS) is 32.3. The summed E-state index contributed by atoms with van der Waals surface area (Å²) in [6.07, 6.45) is 11.5. The van der Waals surface area contributed by atoms with E-state index in [-0.39, 0.29) is 0 Å². The smallest absolute Gasteiger partial charge is 0.0107 e. The van der Waals surface area contributed by atoms with Gasteiger partial charge in [0.1, 0.15) is 0 Å². The first-order chi connectivity index (χ1) is 8.40. The molecule has 2 fully saturated rings. The van der Waals surface area contributed by atoms with Crippen LogP contribution in [-0.4, -0.2) is 37.1 Å². The molecule has 1 aliphatic carbocycles. The van der Waals surface area contributed by atoms with Crippen LogP contribution in [0.5, 0.6) is 0 Å². The Morgan fingerprint density at radius 1 is 0.941 bits per heavy atom. The highest BCUT2D eigenvalue weighted by atomic mass is 15.1. The monoisotopic (exact) mass is 238 g/mol. The van der Waals surface area contributed by atoms with E-state index in [0.717, 1.165) is 18.5 Å². The molecule has 2 nitrogen and oxygen atoms in total. The van der Waals surface area contributed by atoms with Gasteiger partial charge >= 0.3 is 0 Å². The third-order valence-electron chi connectivity index (χ3n) is 4.57. The number of hydrogen-bond donors (Lipinski definition) is 1. The van der Waals surface area contributed by atoms with E-state index in [1.165, 1.54) is 71.0 Å². The SMILES string of the molecule is CCNC1CCCCCC1CN1CCCCC1. The second-order valence-electron chi connectivity index (χ2n) is 5.92. The zero-order valence-corrected chi connectivity index (χ0v) is 11.6. The van der Waals surface area contributed by atoms with Crippen LogP contribution in [0.2, 0.25) is 0 Å². The summed E-state index contributed by atoms with van der Waals surface area (Å²) < 4.78 is 0. The van der Waals surface area contributed by atoms with Crippen molar-refractivity contribution in [2.75, 3.05) is 26.2 Å². The van der Waals surface area contributed by atoms with Gasteiger partial charge in [0.2, 0.25) is 0 Å². The zero-order valence-electron chi connectivity index (χ0n) is 11.6.